The van der Waals surface area contributed by atoms with E-state index in [1.165, 1.54) is 5.56 Å². The van der Waals surface area contributed by atoms with Crippen LogP contribution < -0.4 is 5.32 Å². The molecule has 106 valence electrons. The van der Waals surface area contributed by atoms with Crippen LogP contribution in [0.3, 0.4) is 0 Å². The van der Waals surface area contributed by atoms with E-state index in [0.29, 0.717) is 5.02 Å². The van der Waals surface area contributed by atoms with Crippen molar-refractivity contribution >= 4 is 55.1 Å². The molecule has 2 aromatic carbocycles. The highest BCUT2D eigenvalue weighted by Gasteiger charge is 2.13. The molecule has 2 aromatic rings. The Morgan fingerprint density at radius 2 is 1.80 bits per heavy atom. The molecule has 0 bridgehead atoms. The topological polar surface area (TPSA) is 12.0 Å². The summed E-state index contributed by atoms with van der Waals surface area (Å²) in [6, 6.07) is 12.1. The molecule has 20 heavy (non-hydrogen) atoms. The van der Waals surface area contributed by atoms with E-state index < -0.39 is 0 Å². The average Bonchev–Trinajstić information content (AvgIpc) is 2.41. The fourth-order valence-electron chi connectivity index (χ4n) is 2.02. The van der Waals surface area contributed by atoms with Gasteiger partial charge in [0.05, 0.1) is 5.02 Å². The molecule has 1 unspecified atom stereocenters. The molecular formula is C15H13Br2Cl2N. The summed E-state index contributed by atoms with van der Waals surface area (Å²) in [5.41, 5.74) is 2.28. The minimum Gasteiger partial charge on any atom is -0.313 e. The molecule has 1 nitrogen and oxygen atoms in total. The van der Waals surface area contributed by atoms with Crippen molar-refractivity contribution in [2.75, 3.05) is 7.05 Å². The zero-order chi connectivity index (χ0) is 14.7. The van der Waals surface area contributed by atoms with Crippen LogP contribution in [-0.4, -0.2) is 7.05 Å². The second kappa shape index (κ2) is 7.28. The van der Waals surface area contributed by atoms with Gasteiger partial charge in [-0.1, -0.05) is 51.3 Å². The number of halogens is 4. The van der Waals surface area contributed by atoms with Crippen LogP contribution in [0.25, 0.3) is 0 Å². The van der Waals surface area contributed by atoms with Crippen molar-refractivity contribution in [2.45, 2.75) is 12.5 Å². The van der Waals surface area contributed by atoms with Crippen LogP contribution in [0.15, 0.2) is 45.3 Å². The predicted octanol–water partition coefficient (Wildman–Crippen LogP) is 6.02. The van der Waals surface area contributed by atoms with Crippen LogP contribution >= 0.6 is 55.1 Å². The van der Waals surface area contributed by atoms with Gasteiger partial charge in [-0.3, -0.25) is 0 Å². The monoisotopic (exact) mass is 435 g/mol. The number of rotatable bonds is 4. The maximum Gasteiger partial charge on any atom is 0.0548 e. The van der Waals surface area contributed by atoms with E-state index in [1.807, 2.05) is 43.4 Å². The van der Waals surface area contributed by atoms with Gasteiger partial charge in [-0.15, -0.1) is 0 Å². The molecule has 2 rings (SSSR count). The van der Waals surface area contributed by atoms with Gasteiger partial charge in [0.2, 0.25) is 0 Å². The van der Waals surface area contributed by atoms with Crippen LogP contribution in [-0.2, 0) is 6.42 Å². The lowest BCUT2D eigenvalue weighted by Gasteiger charge is -2.18. The number of benzene rings is 2. The molecule has 0 saturated carbocycles. The Morgan fingerprint density at radius 3 is 2.40 bits per heavy atom. The summed E-state index contributed by atoms with van der Waals surface area (Å²) in [4.78, 5) is 0. The Balaban J connectivity index is 2.26. The summed E-state index contributed by atoms with van der Waals surface area (Å²) in [5, 5.41) is 4.81. The Labute approximate surface area is 145 Å². The highest BCUT2D eigenvalue weighted by atomic mass is 79.9. The van der Waals surface area contributed by atoms with Crippen molar-refractivity contribution in [3.63, 3.8) is 0 Å². The lowest BCUT2D eigenvalue weighted by molar-refractivity contribution is 0.592. The van der Waals surface area contributed by atoms with Crippen molar-refractivity contribution in [1.82, 2.24) is 5.32 Å². The smallest absolute Gasteiger partial charge is 0.0548 e. The lowest BCUT2D eigenvalue weighted by atomic mass is 9.99. The van der Waals surface area contributed by atoms with Crippen molar-refractivity contribution in [3.8, 4) is 0 Å². The Morgan fingerprint density at radius 1 is 1.05 bits per heavy atom. The quantitative estimate of drug-likeness (QED) is 0.616. The van der Waals surface area contributed by atoms with Gasteiger partial charge in [0, 0.05) is 20.0 Å². The van der Waals surface area contributed by atoms with E-state index in [1.54, 1.807) is 0 Å². The molecule has 0 spiro atoms. The van der Waals surface area contributed by atoms with E-state index in [2.05, 4.69) is 37.2 Å². The van der Waals surface area contributed by atoms with Gasteiger partial charge < -0.3 is 5.32 Å². The molecule has 1 N–H and O–H groups in total. The summed E-state index contributed by atoms with van der Waals surface area (Å²) in [6.07, 6.45) is 0.816. The Bertz CT molecular complexity index is 617. The molecule has 0 aromatic heterocycles. The number of nitrogens with one attached hydrogen (secondary N) is 1. The first-order valence-corrected chi connectivity index (χ1v) is 8.41. The molecular weight excluding hydrogens is 425 g/mol. The Hall–Kier alpha value is -0.0600. The molecule has 0 fully saturated rings. The fraction of sp³-hybridized carbons (Fsp3) is 0.200. The van der Waals surface area contributed by atoms with Crippen molar-refractivity contribution in [3.05, 3.63) is 66.5 Å². The first-order valence-electron chi connectivity index (χ1n) is 6.07. The molecule has 5 heteroatoms. The summed E-state index contributed by atoms with van der Waals surface area (Å²) in [7, 11) is 1.94. The van der Waals surface area contributed by atoms with Crippen LogP contribution in [0.1, 0.15) is 17.2 Å². The Kier molecular flexibility index (Phi) is 5.94. The number of likely N-dealkylation sites (N-methyl/N-ethyl adjacent to an activating group) is 1. The van der Waals surface area contributed by atoms with Crippen LogP contribution in [0.2, 0.25) is 10.0 Å². The highest BCUT2D eigenvalue weighted by Crippen LogP contribution is 2.29. The molecule has 0 saturated heterocycles. The van der Waals surface area contributed by atoms with Crippen molar-refractivity contribution < 1.29 is 0 Å². The van der Waals surface area contributed by atoms with Gasteiger partial charge in [-0.05, 0) is 64.8 Å². The van der Waals surface area contributed by atoms with E-state index in [-0.39, 0.29) is 6.04 Å². The number of hydrogen-bond acceptors (Lipinski definition) is 1. The first-order chi connectivity index (χ1) is 9.51. The van der Waals surface area contributed by atoms with Crippen LogP contribution in [0, 0.1) is 0 Å². The van der Waals surface area contributed by atoms with Gasteiger partial charge in [0.15, 0.2) is 0 Å². The zero-order valence-corrected chi connectivity index (χ0v) is 15.4. The van der Waals surface area contributed by atoms with Crippen molar-refractivity contribution in [2.24, 2.45) is 0 Å². The van der Waals surface area contributed by atoms with Crippen LogP contribution in [0.5, 0.6) is 0 Å². The predicted molar refractivity (Wildman–Crippen MR) is 93.8 cm³/mol. The largest absolute Gasteiger partial charge is 0.313 e. The highest BCUT2D eigenvalue weighted by molar-refractivity contribution is 9.10. The minimum absolute atomic E-state index is 0.183. The standard InChI is InChI=1S/C15H13Br2Cl2N/c1-20-15(10-3-5-13(18)12(17)6-10)7-9-2-4-11(16)8-14(9)19/h2-6,8,15,20H,7H2,1H3. The normalized spacial score (nSPS) is 12.4. The van der Waals surface area contributed by atoms with Gasteiger partial charge in [-0.2, -0.15) is 0 Å². The van der Waals surface area contributed by atoms with E-state index in [9.17, 15) is 0 Å². The minimum atomic E-state index is 0.183. The SMILES string of the molecule is CNC(Cc1ccc(Br)cc1Cl)c1ccc(Cl)c(Br)c1. The summed E-state index contributed by atoms with van der Waals surface area (Å²) in [5.74, 6) is 0. The maximum atomic E-state index is 6.29. The zero-order valence-electron chi connectivity index (χ0n) is 10.8. The first kappa shape index (κ1) is 16.3. The van der Waals surface area contributed by atoms with E-state index in [0.717, 1.165) is 26.0 Å². The second-order valence-electron chi connectivity index (χ2n) is 4.45. The molecule has 1 atom stereocenters. The van der Waals surface area contributed by atoms with Gasteiger partial charge in [0.25, 0.3) is 0 Å². The second-order valence-corrected chi connectivity index (χ2v) is 7.04. The summed E-state index contributed by atoms with van der Waals surface area (Å²) in [6.45, 7) is 0. The third-order valence-electron chi connectivity index (χ3n) is 3.13. The summed E-state index contributed by atoms with van der Waals surface area (Å²) >= 11 is 19.2. The molecule has 0 amide bonds. The van der Waals surface area contributed by atoms with Crippen molar-refractivity contribution in [1.29, 1.82) is 0 Å². The third-order valence-corrected chi connectivity index (χ3v) is 5.19. The number of hydrogen-bond donors (Lipinski definition) is 1. The van der Waals surface area contributed by atoms with Crippen LogP contribution in [0.4, 0.5) is 0 Å². The molecule has 0 aliphatic rings. The third kappa shape index (κ3) is 3.99. The van der Waals surface area contributed by atoms with Gasteiger partial charge >= 0.3 is 0 Å². The van der Waals surface area contributed by atoms with E-state index in [4.69, 9.17) is 23.2 Å². The fourth-order valence-corrected chi connectivity index (χ4v) is 3.29. The maximum absolute atomic E-state index is 6.29. The van der Waals surface area contributed by atoms with E-state index >= 15 is 0 Å². The molecule has 0 aliphatic carbocycles. The summed E-state index contributed by atoms with van der Waals surface area (Å²) < 4.78 is 1.89. The molecule has 0 radical (unpaired) electrons. The van der Waals surface area contributed by atoms with Gasteiger partial charge in [-0.25, -0.2) is 0 Å². The van der Waals surface area contributed by atoms with Gasteiger partial charge in [0.1, 0.15) is 0 Å². The molecule has 0 aliphatic heterocycles. The lowest BCUT2D eigenvalue weighted by Crippen LogP contribution is -2.19. The average molecular weight is 438 g/mol. The molecule has 0 heterocycles.